The lowest BCUT2D eigenvalue weighted by Gasteiger charge is -2.13. The minimum atomic E-state index is -0.643. The van der Waals surface area contributed by atoms with Crippen molar-refractivity contribution in [3.8, 4) is 0 Å². The lowest BCUT2D eigenvalue weighted by molar-refractivity contribution is -0.146. The van der Waals surface area contributed by atoms with Gasteiger partial charge in [0.15, 0.2) is 0 Å². The Kier molecular flexibility index (Phi) is 9.95. The number of ether oxygens (including phenoxy) is 1. The highest BCUT2D eigenvalue weighted by Crippen LogP contribution is 2.12. The van der Waals surface area contributed by atoms with Crippen LogP contribution in [0.1, 0.15) is 12.5 Å². The quantitative estimate of drug-likeness (QED) is 0.478. The fourth-order valence-electron chi connectivity index (χ4n) is 1.50. The Balaban J connectivity index is 0.000000585. The highest BCUT2D eigenvalue weighted by molar-refractivity contribution is 5.71. The Morgan fingerprint density at radius 3 is 2.52 bits per heavy atom. The smallest absolute Gasteiger partial charge is 0.319 e. The molecule has 3 N–H and O–H groups in total. The number of rotatable bonds is 6. The van der Waals surface area contributed by atoms with Gasteiger partial charge in [0.05, 0.1) is 6.54 Å². The number of aliphatic hydroxyl groups excluding tert-OH is 1. The molecule has 1 rings (SSSR count). The largest absolute Gasteiger partial charge is 0.508 e. The highest BCUT2D eigenvalue weighted by Gasteiger charge is 2.12. The molecule has 1 atom stereocenters. The molecule has 1 aromatic carbocycles. The average Bonchev–Trinajstić information content (AvgIpc) is 2.50. The minimum absolute atomic E-state index is 0.148. The first kappa shape index (κ1) is 20.5. The summed E-state index contributed by atoms with van der Waals surface area (Å²) in [6.45, 7) is 8.09. The molecule has 0 aliphatic heterocycles. The summed E-state index contributed by atoms with van der Waals surface area (Å²) in [5.41, 5.74) is 5.37. The van der Waals surface area contributed by atoms with Gasteiger partial charge in [-0.05, 0) is 30.7 Å². The van der Waals surface area contributed by atoms with E-state index >= 15 is 0 Å². The average molecular weight is 325 g/mol. The van der Waals surface area contributed by atoms with Crippen LogP contribution in [0.4, 0.5) is 8.78 Å². The Bertz CT molecular complexity index is 571. The molecule has 0 fully saturated rings. The lowest BCUT2D eigenvalue weighted by Crippen LogP contribution is -2.23. The topological polar surface area (TPSA) is 72.5 Å². The van der Waals surface area contributed by atoms with E-state index in [0.717, 1.165) is 12.1 Å². The van der Waals surface area contributed by atoms with E-state index in [9.17, 15) is 13.6 Å². The molecule has 0 spiro atoms. The predicted molar refractivity (Wildman–Crippen MR) is 85.8 cm³/mol. The van der Waals surface area contributed by atoms with E-state index in [1.807, 2.05) is 0 Å². The first-order valence-corrected chi connectivity index (χ1v) is 6.81. The molecule has 23 heavy (non-hydrogen) atoms. The summed E-state index contributed by atoms with van der Waals surface area (Å²) < 4.78 is 30.7. The molecule has 126 valence electrons. The number of benzene rings is 1. The molecule has 0 aromatic heterocycles. The molecular formula is C17H21F2NO3. The number of hydrogen-bond donors (Lipinski definition) is 2. The SMILES string of the molecule is C=C/C=C(/O)C=C.CC(Cc1ccc(F)cc1F)OC(=O)CN. The van der Waals surface area contributed by atoms with Crippen LogP contribution in [0.15, 0.2) is 55.3 Å². The molecule has 0 aliphatic rings. The maximum atomic E-state index is 13.2. The second kappa shape index (κ2) is 11.1. The summed E-state index contributed by atoms with van der Waals surface area (Å²) in [6.07, 6.45) is 4.01. The van der Waals surface area contributed by atoms with E-state index in [1.165, 1.54) is 24.3 Å². The number of halogens is 2. The predicted octanol–water partition coefficient (Wildman–Crippen LogP) is 3.20. The van der Waals surface area contributed by atoms with Crippen LogP contribution < -0.4 is 5.73 Å². The van der Waals surface area contributed by atoms with Gasteiger partial charge in [-0.15, -0.1) is 0 Å². The van der Waals surface area contributed by atoms with Gasteiger partial charge < -0.3 is 15.6 Å². The van der Waals surface area contributed by atoms with E-state index in [4.69, 9.17) is 15.6 Å². The first-order valence-electron chi connectivity index (χ1n) is 6.81. The zero-order chi connectivity index (χ0) is 17.8. The van der Waals surface area contributed by atoms with Crippen molar-refractivity contribution < 1.29 is 23.4 Å². The van der Waals surface area contributed by atoms with Gasteiger partial charge >= 0.3 is 5.97 Å². The summed E-state index contributed by atoms with van der Waals surface area (Å²) in [5.74, 6) is -1.67. The van der Waals surface area contributed by atoms with Crippen LogP contribution >= 0.6 is 0 Å². The summed E-state index contributed by atoms with van der Waals surface area (Å²) in [7, 11) is 0. The molecule has 4 nitrogen and oxygen atoms in total. The van der Waals surface area contributed by atoms with Crippen molar-refractivity contribution in [1.82, 2.24) is 0 Å². The molecule has 0 saturated heterocycles. The minimum Gasteiger partial charge on any atom is -0.508 e. The van der Waals surface area contributed by atoms with Crippen molar-refractivity contribution in [2.75, 3.05) is 6.54 Å². The van der Waals surface area contributed by atoms with Gasteiger partial charge in [0.25, 0.3) is 0 Å². The van der Waals surface area contributed by atoms with Crippen molar-refractivity contribution in [1.29, 1.82) is 0 Å². The van der Waals surface area contributed by atoms with Gasteiger partial charge in [-0.1, -0.05) is 25.3 Å². The van der Waals surface area contributed by atoms with Crippen LogP contribution in [0.25, 0.3) is 0 Å². The number of esters is 1. The lowest BCUT2D eigenvalue weighted by atomic mass is 10.1. The molecule has 6 heteroatoms. The number of aliphatic hydroxyl groups is 1. The fourth-order valence-corrected chi connectivity index (χ4v) is 1.50. The highest BCUT2D eigenvalue weighted by atomic mass is 19.1. The van der Waals surface area contributed by atoms with E-state index in [2.05, 4.69) is 13.2 Å². The second-order valence-corrected chi connectivity index (χ2v) is 4.48. The molecule has 1 aromatic rings. The number of nitrogens with two attached hydrogens (primary N) is 1. The van der Waals surface area contributed by atoms with Gasteiger partial charge in [-0.2, -0.15) is 0 Å². The zero-order valence-corrected chi connectivity index (χ0v) is 13.0. The zero-order valence-electron chi connectivity index (χ0n) is 13.0. The standard InChI is InChI=1S/C11H13F2NO2.C6H8O/c1-7(16-11(15)6-14)4-8-2-3-9(12)5-10(8)13;1-3-5-6(7)4-2/h2-3,5,7H,4,6,14H2,1H3;3-5,7H,1-2H2/b;6-5+. The Hall–Kier alpha value is -2.47. The normalized spacial score (nSPS) is 11.7. The third-order valence-electron chi connectivity index (χ3n) is 2.52. The van der Waals surface area contributed by atoms with Gasteiger partial charge in [0.2, 0.25) is 0 Å². The molecule has 0 aliphatic carbocycles. The van der Waals surface area contributed by atoms with Crippen LogP contribution in [-0.2, 0) is 16.0 Å². The Labute approximate surface area is 134 Å². The molecule has 0 saturated carbocycles. The van der Waals surface area contributed by atoms with Crippen LogP contribution in [0.5, 0.6) is 0 Å². The van der Waals surface area contributed by atoms with Crippen molar-refractivity contribution in [2.45, 2.75) is 19.4 Å². The summed E-state index contributed by atoms with van der Waals surface area (Å²) in [6, 6.07) is 3.29. The van der Waals surface area contributed by atoms with Crippen LogP contribution in [0, 0.1) is 11.6 Å². The van der Waals surface area contributed by atoms with Crippen LogP contribution in [0.3, 0.4) is 0 Å². The molecule has 0 heterocycles. The van der Waals surface area contributed by atoms with Crippen LogP contribution in [-0.4, -0.2) is 23.7 Å². The third kappa shape index (κ3) is 9.21. The van der Waals surface area contributed by atoms with Crippen molar-refractivity contribution in [3.05, 3.63) is 72.5 Å². The summed E-state index contributed by atoms with van der Waals surface area (Å²) in [4.78, 5) is 10.9. The van der Waals surface area contributed by atoms with Gasteiger partial charge in [-0.25, -0.2) is 8.78 Å². The molecule has 0 bridgehead atoms. The van der Waals surface area contributed by atoms with Gasteiger partial charge in [0, 0.05) is 12.5 Å². The van der Waals surface area contributed by atoms with Gasteiger partial charge in [0.1, 0.15) is 23.5 Å². The second-order valence-electron chi connectivity index (χ2n) is 4.48. The van der Waals surface area contributed by atoms with E-state index in [0.29, 0.717) is 5.56 Å². The number of carbonyl (C=O) groups excluding carboxylic acids is 1. The van der Waals surface area contributed by atoms with Crippen molar-refractivity contribution >= 4 is 5.97 Å². The third-order valence-corrected chi connectivity index (χ3v) is 2.52. The van der Waals surface area contributed by atoms with Crippen LogP contribution in [0.2, 0.25) is 0 Å². The molecule has 0 amide bonds. The number of carbonyl (C=O) groups is 1. The van der Waals surface area contributed by atoms with Crippen molar-refractivity contribution in [2.24, 2.45) is 5.73 Å². The molecule has 1 unspecified atom stereocenters. The summed E-state index contributed by atoms with van der Waals surface area (Å²) >= 11 is 0. The molecule has 0 radical (unpaired) electrons. The molecular weight excluding hydrogens is 304 g/mol. The van der Waals surface area contributed by atoms with Crippen molar-refractivity contribution in [3.63, 3.8) is 0 Å². The fraction of sp³-hybridized carbons (Fsp3) is 0.235. The monoisotopic (exact) mass is 325 g/mol. The number of allylic oxidation sites excluding steroid dienone is 3. The van der Waals surface area contributed by atoms with E-state index in [-0.39, 0.29) is 18.7 Å². The maximum Gasteiger partial charge on any atom is 0.319 e. The maximum absolute atomic E-state index is 13.2. The Morgan fingerprint density at radius 1 is 1.43 bits per heavy atom. The van der Waals surface area contributed by atoms with Gasteiger partial charge in [-0.3, -0.25) is 4.79 Å². The summed E-state index contributed by atoms with van der Waals surface area (Å²) in [5, 5.41) is 8.53. The first-order chi connectivity index (χ1) is 10.8. The number of hydrogen-bond acceptors (Lipinski definition) is 4. The van der Waals surface area contributed by atoms with E-state index < -0.39 is 23.7 Å². The Morgan fingerprint density at radius 2 is 2.09 bits per heavy atom. The van der Waals surface area contributed by atoms with E-state index in [1.54, 1.807) is 6.92 Å².